The van der Waals surface area contributed by atoms with Crippen LogP contribution in [0.2, 0.25) is 0 Å². The average Bonchev–Trinajstić information content (AvgIpc) is 2.72. The minimum absolute atomic E-state index is 0.0429. The highest BCUT2D eigenvalue weighted by atomic mass is 16.5. The maximum absolute atomic E-state index is 11.8. The minimum atomic E-state index is -0.883. The lowest BCUT2D eigenvalue weighted by atomic mass is 10.0. The van der Waals surface area contributed by atoms with E-state index >= 15 is 0 Å². The van der Waals surface area contributed by atoms with Crippen molar-refractivity contribution < 1.29 is 19.9 Å². The Balaban J connectivity index is 2.85. The van der Waals surface area contributed by atoms with Crippen molar-refractivity contribution in [2.24, 2.45) is 5.73 Å². The summed E-state index contributed by atoms with van der Waals surface area (Å²) in [6.07, 6.45) is -0.533. The van der Waals surface area contributed by atoms with Gasteiger partial charge in [0, 0.05) is 11.8 Å². The molecule has 0 aliphatic carbocycles. The molecule has 0 bridgehead atoms. The number of nitrogens with zero attached hydrogens (tertiary/aromatic N) is 1. The Morgan fingerprint density at radius 3 is 2.60 bits per heavy atom. The number of aliphatic hydroxyl groups excluding tert-OH is 1. The van der Waals surface area contributed by atoms with Gasteiger partial charge in [-0.1, -0.05) is 18.2 Å². The molecule has 0 aliphatic heterocycles. The number of carbonyl (C=O) groups excluding carboxylic acids is 2. The highest BCUT2D eigenvalue weighted by Gasteiger charge is 2.24. The van der Waals surface area contributed by atoms with E-state index in [0.29, 0.717) is 16.5 Å². The normalized spacial score (nSPS) is 12.3. The molecule has 0 radical (unpaired) electrons. The van der Waals surface area contributed by atoms with Crippen LogP contribution < -0.4 is 11.2 Å². The number of fused-ring (bicyclic) bond motifs is 1. The third kappa shape index (κ3) is 2.24. The largest absolute Gasteiger partial charge is 0.393 e. The van der Waals surface area contributed by atoms with Crippen LogP contribution in [0.5, 0.6) is 0 Å². The van der Waals surface area contributed by atoms with Gasteiger partial charge in [-0.3, -0.25) is 14.6 Å². The molecule has 1 aromatic carbocycles. The molecule has 2 aromatic rings. The van der Waals surface area contributed by atoms with E-state index in [1.807, 2.05) is 0 Å². The highest BCUT2D eigenvalue weighted by Crippen LogP contribution is 2.27. The lowest BCUT2D eigenvalue weighted by Crippen LogP contribution is -2.30. The number of hydroxylamine groups is 1. The number of hydrogen-bond donors (Lipinski definition) is 4. The molecule has 0 fully saturated rings. The van der Waals surface area contributed by atoms with E-state index in [2.05, 4.69) is 0 Å². The Kier molecular flexibility index (Phi) is 3.73. The third-order valence-electron chi connectivity index (χ3n) is 3.01. The monoisotopic (exact) mass is 277 g/mol. The zero-order valence-electron chi connectivity index (χ0n) is 10.8. The molecule has 7 heteroatoms. The van der Waals surface area contributed by atoms with Crippen molar-refractivity contribution in [3.63, 3.8) is 0 Å². The van der Waals surface area contributed by atoms with E-state index < -0.39 is 18.0 Å². The standard InChI is InChI=1S/C13H15N3O4/c1-7(17)6-9-8-4-2-3-5-10(8)16(13(19)15-20)11(9)12(14)18/h2-5,7,17,20H,6H2,1H3,(H2,14,18)(H,15,19). The van der Waals surface area contributed by atoms with Crippen molar-refractivity contribution in [3.8, 4) is 0 Å². The quantitative estimate of drug-likeness (QED) is 0.485. The summed E-state index contributed by atoms with van der Waals surface area (Å²) in [6.45, 7) is 1.57. The second-order valence-electron chi connectivity index (χ2n) is 4.51. The molecule has 1 aromatic heterocycles. The van der Waals surface area contributed by atoms with Gasteiger partial charge in [0.15, 0.2) is 0 Å². The Hall–Kier alpha value is -2.38. The highest BCUT2D eigenvalue weighted by molar-refractivity contribution is 6.06. The maximum Gasteiger partial charge on any atom is 0.350 e. The van der Waals surface area contributed by atoms with Crippen LogP contribution in [0.1, 0.15) is 23.0 Å². The Bertz CT molecular complexity index is 676. The number of nitrogens with two attached hydrogens (primary N) is 1. The molecular formula is C13H15N3O4. The number of aliphatic hydroxyl groups is 1. The molecule has 2 rings (SSSR count). The van der Waals surface area contributed by atoms with Gasteiger partial charge in [-0.25, -0.2) is 10.3 Å². The molecule has 1 atom stereocenters. The summed E-state index contributed by atoms with van der Waals surface area (Å²) in [6, 6.07) is 5.91. The second kappa shape index (κ2) is 5.32. The van der Waals surface area contributed by atoms with E-state index in [-0.39, 0.29) is 12.1 Å². The molecule has 0 saturated carbocycles. The number of hydrogen-bond acceptors (Lipinski definition) is 4. The molecular weight excluding hydrogens is 262 g/mol. The summed E-state index contributed by atoms with van der Waals surface area (Å²) in [4.78, 5) is 23.5. The molecule has 0 spiro atoms. The lowest BCUT2D eigenvalue weighted by molar-refractivity contribution is 0.0989. The van der Waals surface area contributed by atoms with Crippen LogP contribution >= 0.6 is 0 Å². The van der Waals surface area contributed by atoms with E-state index in [1.165, 1.54) is 5.48 Å². The van der Waals surface area contributed by atoms with E-state index in [0.717, 1.165) is 4.57 Å². The SMILES string of the molecule is CC(O)Cc1c(C(N)=O)n(C(=O)NO)c2ccccc12. The zero-order valence-corrected chi connectivity index (χ0v) is 10.8. The smallest absolute Gasteiger partial charge is 0.350 e. The molecule has 0 saturated heterocycles. The third-order valence-corrected chi connectivity index (χ3v) is 3.01. The first kappa shape index (κ1) is 14.0. The molecule has 7 nitrogen and oxygen atoms in total. The predicted molar refractivity (Wildman–Crippen MR) is 71.6 cm³/mol. The summed E-state index contributed by atoms with van der Waals surface area (Å²) in [5.41, 5.74) is 7.70. The van der Waals surface area contributed by atoms with Crippen LogP contribution in [0.15, 0.2) is 24.3 Å². The van der Waals surface area contributed by atoms with Crippen molar-refractivity contribution in [3.05, 3.63) is 35.5 Å². The van der Waals surface area contributed by atoms with Crippen LogP contribution in [-0.4, -0.2) is 32.9 Å². The molecule has 20 heavy (non-hydrogen) atoms. The van der Waals surface area contributed by atoms with Gasteiger partial charge in [0.25, 0.3) is 5.91 Å². The van der Waals surface area contributed by atoms with Crippen molar-refractivity contribution in [2.45, 2.75) is 19.4 Å². The number of carbonyl (C=O) groups is 2. The summed E-state index contributed by atoms with van der Waals surface area (Å²) in [5, 5.41) is 19.0. The van der Waals surface area contributed by atoms with E-state index in [1.54, 1.807) is 31.2 Å². The van der Waals surface area contributed by atoms with Gasteiger partial charge >= 0.3 is 6.03 Å². The zero-order chi connectivity index (χ0) is 14.9. The van der Waals surface area contributed by atoms with Gasteiger partial charge in [-0.2, -0.15) is 0 Å². The van der Waals surface area contributed by atoms with Crippen LogP contribution in [0.4, 0.5) is 4.79 Å². The summed E-state index contributed by atoms with van der Waals surface area (Å²) in [7, 11) is 0. The Morgan fingerprint density at radius 2 is 2.05 bits per heavy atom. The first-order valence-corrected chi connectivity index (χ1v) is 6.02. The summed E-state index contributed by atoms with van der Waals surface area (Å²) >= 11 is 0. The first-order chi connectivity index (χ1) is 9.47. The van der Waals surface area contributed by atoms with Crippen molar-refractivity contribution in [2.75, 3.05) is 0 Å². The van der Waals surface area contributed by atoms with Crippen LogP contribution in [0.3, 0.4) is 0 Å². The molecule has 5 N–H and O–H groups in total. The average molecular weight is 277 g/mol. The van der Waals surface area contributed by atoms with Crippen LogP contribution in [0, 0.1) is 0 Å². The molecule has 0 aliphatic rings. The van der Waals surface area contributed by atoms with Crippen molar-refractivity contribution >= 4 is 22.8 Å². The van der Waals surface area contributed by atoms with Crippen LogP contribution in [-0.2, 0) is 6.42 Å². The molecule has 1 heterocycles. The topological polar surface area (TPSA) is 118 Å². The summed E-state index contributed by atoms with van der Waals surface area (Å²) in [5.74, 6) is -0.805. The minimum Gasteiger partial charge on any atom is -0.393 e. The number of benzene rings is 1. The van der Waals surface area contributed by atoms with Gasteiger partial charge in [0.05, 0.1) is 11.6 Å². The van der Waals surface area contributed by atoms with Crippen molar-refractivity contribution in [1.82, 2.24) is 10.0 Å². The number of primary amides is 1. The first-order valence-electron chi connectivity index (χ1n) is 6.02. The number of nitrogens with one attached hydrogen (secondary N) is 1. The van der Waals surface area contributed by atoms with Gasteiger partial charge in [-0.05, 0) is 18.6 Å². The Morgan fingerprint density at radius 1 is 1.40 bits per heavy atom. The number of aromatic nitrogens is 1. The van der Waals surface area contributed by atoms with Crippen molar-refractivity contribution in [1.29, 1.82) is 0 Å². The number of amides is 2. The van der Waals surface area contributed by atoms with E-state index in [9.17, 15) is 14.7 Å². The van der Waals surface area contributed by atoms with E-state index in [4.69, 9.17) is 10.9 Å². The molecule has 106 valence electrons. The fourth-order valence-electron chi connectivity index (χ4n) is 2.33. The second-order valence-corrected chi connectivity index (χ2v) is 4.51. The van der Waals surface area contributed by atoms with Gasteiger partial charge < -0.3 is 10.8 Å². The number of rotatable bonds is 3. The van der Waals surface area contributed by atoms with Gasteiger partial charge in [0.2, 0.25) is 0 Å². The summed E-state index contributed by atoms with van der Waals surface area (Å²) < 4.78 is 1.01. The molecule has 2 amide bonds. The number of para-hydroxylation sites is 1. The predicted octanol–water partition coefficient (Wildman–Crippen LogP) is 0.610. The fraction of sp³-hybridized carbons (Fsp3) is 0.231. The van der Waals surface area contributed by atoms with Gasteiger partial charge in [-0.15, -0.1) is 0 Å². The fourth-order valence-corrected chi connectivity index (χ4v) is 2.33. The maximum atomic E-state index is 11.8. The Labute approximate surface area is 114 Å². The van der Waals surface area contributed by atoms with Crippen LogP contribution in [0.25, 0.3) is 10.9 Å². The molecule has 1 unspecified atom stereocenters. The lowest BCUT2D eigenvalue weighted by Gasteiger charge is -2.08. The van der Waals surface area contributed by atoms with Gasteiger partial charge in [0.1, 0.15) is 5.69 Å².